The monoisotopic (exact) mass is 274 g/mol. The van der Waals surface area contributed by atoms with E-state index in [0.717, 1.165) is 23.9 Å². The molecule has 2 rings (SSSR count). The van der Waals surface area contributed by atoms with E-state index in [1.807, 2.05) is 44.0 Å². The highest BCUT2D eigenvalue weighted by Crippen LogP contribution is 2.18. The molecule has 0 aliphatic carbocycles. The molecule has 0 fully saturated rings. The fourth-order valence-corrected chi connectivity index (χ4v) is 2.22. The summed E-state index contributed by atoms with van der Waals surface area (Å²) in [6, 6.07) is 2.21. The fourth-order valence-electron chi connectivity index (χ4n) is 2.22. The first-order valence-electron chi connectivity index (χ1n) is 6.67. The Morgan fingerprint density at radius 2 is 2.05 bits per heavy atom. The molecule has 0 aliphatic rings. The second-order valence-corrected chi connectivity index (χ2v) is 5.25. The predicted molar refractivity (Wildman–Crippen MR) is 79.6 cm³/mol. The summed E-state index contributed by atoms with van der Waals surface area (Å²) < 4.78 is 1.82. The van der Waals surface area contributed by atoms with E-state index in [9.17, 15) is 0 Å². The van der Waals surface area contributed by atoms with Gasteiger partial charge in [0, 0.05) is 37.1 Å². The zero-order valence-electron chi connectivity index (χ0n) is 12.8. The van der Waals surface area contributed by atoms with E-state index in [1.54, 1.807) is 0 Å². The van der Waals surface area contributed by atoms with E-state index in [0.29, 0.717) is 0 Å². The third kappa shape index (κ3) is 3.54. The van der Waals surface area contributed by atoms with Crippen molar-refractivity contribution in [3.63, 3.8) is 0 Å². The van der Waals surface area contributed by atoms with Crippen LogP contribution in [0.15, 0.2) is 18.5 Å². The molecule has 0 saturated heterocycles. The van der Waals surface area contributed by atoms with Gasteiger partial charge in [-0.25, -0.2) is 9.97 Å². The zero-order valence-corrected chi connectivity index (χ0v) is 12.8. The smallest absolute Gasteiger partial charge is 0.129 e. The molecule has 108 valence electrons. The summed E-state index contributed by atoms with van der Waals surface area (Å²) in [6.07, 6.45) is 3.95. The summed E-state index contributed by atoms with van der Waals surface area (Å²) in [5.74, 6) is 1.65. The lowest BCUT2D eigenvalue weighted by Crippen LogP contribution is -2.27. The lowest BCUT2D eigenvalue weighted by Gasteiger charge is -2.23. The second-order valence-electron chi connectivity index (χ2n) is 5.25. The molecule has 0 saturated carbocycles. The van der Waals surface area contributed by atoms with E-state index in [2.05, 4.69) is 39.4 Å². The number of nitrogens with zero attached hydrogens (tertiary/aromatic N) is 5. The predicted octanol–water partition coefficient (Wildman–Crippen LogP) is 1.54. The van der Waals surface area contributed by atoms with Gasteiger partial charge in [-0.05, 0) is 27.9 Å². The van der Waals surface area contributed by atoms with Gasteiger partial charge in [-0.15, -0.1) is 0 Å². The average Bonchev–Trinajstić information content (AvgIpc) is 2.74. The SMILES string of the molecule is Cc1cc(NCC(c2cnn(C)c2)N(C)C)nc(C)n1. The van der Waals surface area contributed by atoms with Crippen molar-refractivity contribution in [1.29, 1.82) is 0 Å². The van der Waals surface area contributed by atoms with Gasteiger partial charge >= 0.3 is 0 Å². The third-order valence-electron chi connectivity index (χ3n) is 3.18. The van der Waals surface area contributed by atoms with Crippen molar-refractivity contribution in [3.05, 3.63) is 35.5 Å². The Morgan fingerprint density at radius 3 is 2.60 bits per heavy atom. The van der Waals surface area contributed by atoms with Crippen LogP contribution < -0.4 is 5.32 Å². The highest BCUT2D eigenvalue weighted by atomic mass is 15.2. The Labute approximate surface area is 119 Å². The lowest BCUT2D eigenvalue weighted by atomic mass is 10.1. The van der Waals surface area contributed by atoms with Crippen LogP contribution in [0, 0.1) is 13.8 Å². The Kier molecular flexibility index (Phi) is 4.34. The van der Waals surface area contributed by atoms with Gasteiger partial charge in [0.15, 0.2) is 0 Å². The second kappa shape index (κ2) is 6.00. The Hall–Kier alpha value is -1.95. The average molecular weight is 274 g/mol. The minimum atomic E-state index is 0.249. The number of nitrogens with one attached hydrogen (secondary N) is 1. The first kappa shape index (κ1) is 14.5. The van der Waals surface area contributed by atoms with Gasteiger partial charge in [0.05, 0.1) is 12.2 Å². The number of aromatic nitrogens is 4. The Morgan fingerprint density at radius 1 is 1.30 bits per heavy atom. The maximum Gasteiger partial charge on any atom is 0.129 e. The van der Waals surface area contributed by atoms with Crippen molar-refractivity contribution < 1.29 is 0 Å². The molecule has 0 radical (unpaired) electrons. The number of rotatable bonds is 5. The lowest BCUT2D eigenvalue weighted by molar-refractivity contribution is 0.311. The molecule has 20 heavy (non-hydrogen) atoms. The molecule has 0 aromatic carbocycles. The molecule has 1 unspecified atom stereocenters. The maximum absolute atomic E-state index is 4.40. The molecule has 6 nitrogen and oxygen atoms in total. The van der Waals surface area contributed by atoms with Crippen LogP contribution in [0.4, 0.5) is 5.82 Å². The molecule has 0 spiro atoms. The highest BCUT2D eigenvalue weighted by Gasteiger charge is 2.15. The molecule has 0 aliphatic heterocycles. The van der Waals surface area contributed by atoms with E-state index >= 15 is 0 Å². The largest absolute Gasteiger partial charge is 0.368 e. The minimum absolute atomic E-state index is 0.249. The number of likely N-dealkylation sites (N-methyl/N-ethyl adjacent to an activating group) is 1. The molecule has 2 aromatic heterocycles. The van der Waals surface area contributed by atoms with Crippen molar-refractivity contribution in [2.75, 3.05) is 26.0 Å². The van der Waals surface area contributed by atoms with Crippen LogP contribution in [0.2, 0.25) is 0 Å². The van der Waals surface area contributed by atoms with Crippen LogP contribution >= 0.6 is 0 Å². The van der Waals surface area contributed by atoms with Crippen LogP contribution in [0.5, 0.6) is 0 Å². The van der Waals surface area contributed by atoms with Crippen LogP contribution in [-0.2, 0) is 7.05 Å². The third-order valence-corrected chi connectivity index (χ3v) is 3.18. The van der Waals surface area contributed by atoms with Gasteiger partial charge in [0.2, 0.25) is 0 Å². The van der Waals surface area contributed by atoms with Gasteiger partial charge in [-0.2, -0.15) is 5.10 Å². The number of hydrogen-bond acceptors (Lipinski definition) is 5. The molecule has 2 aromatic rings. The molecular weight excluding hydrogens is 252 g/mol. The molecular formula is C14H22N6. The first-order valence-corrected chi connectivity index (χ1v) is 6.67. The van der Waals surface area contributed by atoms with Gasteiger partial charge in [-0.1, -0.05) is 0 Å². The minimum Gasteiger partial charge on any atom is -0.368 e. The molecule has 2 heterocycles. The quantitative estimate of drug-likeness (QED) is 0.896. The van der Waals surface area contributed by atoms with Crippen LogP contribution in [0.3, 0.4) is 0 Å². The Bertz CT molecular complexity index is 555. The Balaban J connectivity index is 2.09. The highest BCUT2D eigenvalue weighted by molar-refractivity contribution is 5.36. The van der Waals surface area contributed by atoms with Gasteiger partial charge in [0.25, 0.3) is 0 Å². The van der Waals surface area contributed by atoms with Gasteiger partial charge in [0.1, 0.15) is 11.6 Å². The van der Waals surface area contributed by atoms with E-state index < -0.39 is 0 Å². The van der Waals surface area contributed by atoms with E-state index in [4.69, 9.17) is 0 Å². The van der Waals surface area contributed by atoms with Crippen molar-refractivity contribution in [2.45, 2.75) is 19.9 Å². The number of aryl methyl sites for hydroxylation is 3. The maximum atomic E-state index is 4.40. The van der Waals surface area contributed by atoms with E-state index in [-0.39, 0.29) is 6.04 Å². The molecule has 0 bridgehead atoms. The van der Waals surface area contributed by atoms with Gasteiger partial charge in [-0.3, -0.25) is 4.68 Å². The van der Waals surface area contributed by atoms with Crippen molar-refractivity contribution in [1.82, 2.24) is 24.6 Å². The van der Waals surface area contributed by atoms with Crippen molar-refractivity contribution in [2.24, 2.45) is 7.05 Å². The van der Waals surface area contributed by atoms with Crippen molar-refractivity contribution in [3.8, 4) is 0 Å². The molecule has 0 amide bonds. The first-order chi connectivity index (χ1) is 9.45. The molecule has 1 atom stereocenters. The summed E-state index contributed by atoms with van der Waals surface area (Å²) in [6.45, 7) is 4.65. The summed E-state index contributed by atoms with van der Waals surface area (Å²) in [7, 11) is 6.06. The molecule has 1 N–H and O–H groups in total. The van der Waals surface area contributed by atoms with Gasteiger partial charge < -0.3 is 10.2 Å². The van der Waals surface area contributed by atoms with Crippen molar-refractivity contribution >= 4 is 5.82 Å². The zero-order chi connectivity index (χ0) is 14.7. The van der Waals surface area contributed by atoms with Crippen LogP contribution in [-0.4, -0.2) is 45.3 Å². The summed E-state index contributed by atoms with van der Waals surface area (Å²) in [5.41, 5.74) is 2.16. The summed E-state index contributed by atoms with van der Waals surface area (Å²) in [5, 5.41) is 7.63. The molecule has 6 heteroatoms. The topological polar surface area (TPSA) is 58.9 Å². The van der Waals surface area contributed by atoms with Crippen LogP contribution in [0.1, 0.15) is 23.1 Å². The number of hydrogen-bond donors (Lipinski definition) is 1. The number of anilines is 1. The standard InChI is InChI=1S/C14H22N6/c1-10-6-14(18-11(2)17-10)15-8-13(19(3)4)12-7-16-20(5)9-12/h6-7,9,13H,8H2,1-5H3,(H,15,17,18). The normalized spacial score (nSPS) is 12.7. The van der Waals surface area contributed by atoms with Crippen LogP contribution in [0.25, 0.3) is 0 Å². The van der Waals surface area contributed by atoms with E-state index in [1.165, 1.54) is 5.56 Å². The fraction of sp³-hybridized carbons (Fsp3) is 0.500. The summed E-state index contributed by atoms with van der Waals surface area (Å²) >= 11 is 0. The summed E-state index contributed by atoms with van der Waals surface area (Å²) in [4.78, 5) is 10.9.